The van der Waals surface area contributed by atoms with E-state index in [1.165, 1.54) is 22.8 Å². The van der Waals surface area contributed by atoms with Gasteiger partial charge in [-0.2, -0.15) is 0 Å². The number of rotatable bonds is 7. The van der Waals surface area contributed by atoms with Gasteiger partial charge in [-0.15, -0.1) is 0 Å². The van der Waals surface area contributed by atoms with Crippen molar-refractivity contribution >= 4 is 17.1 Å². The van der Waals surface area contributed by atoms with Gasteiger partial charge in [-0.1, -0.05) is 42.5 Å². The summed E-state index contributed by atoms with van der Waals surface area (Å²) in [5.41, 5.74) is 5.49. The van der Waals surface area contributed by atoms with Gasteiger partial charge in [-0.25, -0.2) is 14.8 Å². The van der Waals surface area contributed by atoms with Crippen molar-refractivity contribution in [2.45, 2.75) is 63.3 Å². The number of hydrogen-bond donors (Lipinski definition) is 1. The molecule has 0 amide bonds. The molecule has 40 heavy (non-hydrogen) atoms. The highest BCUT2D eigenvalue weighted by molar-refractivity contribution is 5.88. The largest absolute Gasteiger partial charge is 0.485 e. The van der Waals surface area contributed by atoms with Gasteiger partial charge in [-0.05, 0) is 86.0 Å². The predicted octanol–water partition coefficient (Wildman–Crippen LogP) is 5.36. The smallest absolute Gasteiger partial charge is 0.354 e. The van der Waals surface area contributed by atoms with E-state index in [-0.39, 0.29) is 17.9 Å². The van der Waals surface area contributed by atoms with Crippen LogP contribution < -0.4 is 4.74 Å². The van der Waals surface area contributed by atoms with E-state index in [9.17, 15) is 9.90 Å². The molecule has 7 rings (SSSR count). The number of pyridine rings is 1. The Kier molecular flexibility index (Phi) is 6.73. The summed E-state index contributed by atoms with van der Waals surface area (Å²) in [6.45, 7) is 4.11. The third-order valence-corrected chi connectivity index (χ3v) is 8.73. The third kappa shape index (κ3) is 4.86. The van der Waals surface area contributed by atoms with Crippen molar-refractivity contribution in [1.82, 2.24) is 19.4 Å². The fourth-order valence-electron chi connectivity index (χ4n) is 6.45. The molecule has 5 heterocycles. The minimum Gasteiger partial charge on any atom is -0.485 e. The first kappa shape index (κ1) is 25.2. The summed E-state index contributed by atoms with van der Waals surface area (Å²) < 4.78 is 14.3. The van der Waals surface area contributed by atoms with Gasteiger partial charge in [0.05, 0.1) is 19.2 Å². The van der Waals surface area contributed by atoms with Crippen molar-refractivity contribution in [2.24, 2.45) is 0 Å². The molecule has 1 N–H and O–H groups in total. The molecule has 3 aliphatic rings. The van der Waals surface area contributed by atoms with Crippen molar-refractivity contribution in [2.75, 3.05) is 19.7 Å². The second kappa shape index (κ2) is 10.7. The molecule has 0 radical (unpaired) electrons. The van der Waals surface area contributed by atoms with Crippen LogP contribution in [0.1, 0.15) is 70.7 Å². The Morgan fingerprint density at radius 2 is 1.77 bits per heavy atom. The first-order valence-corrected chi connectivity index (χ1v) is 14.4. The minimum atomic E-state index is -1.03. The SMILES string of the molecule is O=C(O)c1ccc2nc(CN3CCC(c4cccc5c4CCC(c4ccccc4)O5)CC3)n(C[C@@H]3CCO3)c2n1. The van der Waals surface area contributed by atoms with E-state index in [0.717, 1.165) is 68.9 Å². The van der Waals surface area contributed by atoms with Gasteiger partial charge in [0.15, 0.2) is 11.3 Å². The quantitative estimate of drug-likeness (QED) is 0.339. The van der Waals surface area contributed by atoms with Gasteiger partial charge < -0.3 is 19.1 Å². The molecule has 2 atom stereocenters. The molecule has 0 saturated carbocycles. The topological polar surface area (TPSA) is 89.7 Å². The average Bonchev–Trinajstić information content (AvgIpc) is 3.31. The Bertz CT molecular complexity index is 1520. The molecule has 0 aliphatic carbocycles. The van der Waals surface area contributed by atoms with Crippen molar-refractivity contribution in [3.05, 3.63) is 88.9 Å². The van der Waals surface area contributed by atoms with E-state index in [1.54, 1.807) is 6.07 Å². The number of carboxylic acid groups (broad SMARTS) is 1. The molecule has 8 nitrogen and oxygen atoms in total. The number of piperidine rings is 1. The van der Waals surface area contributed by atoms with Gasteiger partial charge in [0.1, 0.15) is 23.2 Å². The van der Waals surface area contributed by atoms with Gasteiger partial charge in [-0.3, -0.25) is 4.90 Å². The van der Waals surface area contributed by atoms with E-state index in [0.29, 0.717) is 24.7 Å². The zero-order valence-corrected chi connectivity index (χ0v) is 22.5. The summed E-state index contributed by atoms with van der Waals surface area (Å²) in [7, 11) is 0. The Labute approximate surface area is 233 Å². The van der Waals surface area contributed by atoms with E-state index in [2.05, 4.69) is 63.0 Å². The highest BCUT2D eigenvalue weighted by Crippen LogP contribution is 2.41. The van der Waals surface area contributed by atoms with E-state index < -0.39 is 5.97 Å². The standard InChI is InChI=1S/C32H34N4O4/c37-32(38)27-11-10-26-31(34-27)36(19-23-15-18-39-23)30(33-26)20-35-16-13-21(14-17-35)24-7-4-8-29-25(24)9-12-28(40-29)22-5-2-1-3-6-22/h1-8,10-11,21,23,28H,9,12-20H2,(H,37,38)/t23-,28?/m0/s1. The number of aromatic nitrogens is 3. The maximum atomic E-state index is 11.6. The van der Waals surface area contributed by atoms with Gasteiger partial charge in [0.25, 0.3) is 0 Å². The monoisotopic (exact) mass is 538 g/mol. The van der Waals surface area contributed by atoms with Crippen LogP contribution in [-0.4, -0.2) is 56.3 Å². The van der Waals surface area contributed by atoms with Crippen LogP contribution in [0.4, 0.5) is 0 Å². The van der Waals surface area contributed by atoms with Crippen molar-refractivity contribution in [3.8, 4) is 5.75 Å². The minimum absolute atomic E-state index is 0.0424. The molecule has 206 valence electrons. The number of fused-ring (bicyclic) bond motifs is 2. The molecule has 2 aromatic carbocycles. The number of ether oxygens (including phenoxy) is 2. The molecule has 2 saturated heterocycles. The maximum Gasteiger partial charge on any atom is 0.354 e. The fourth-order valence-corrected chi connectivity index (χ4v) is 6.45. The summed E-state index contributed by atoms with van der Waals surface area (Å²) in [6, 6.07) is 20.4. The van der Waals surface area contributed by atoms with Crippen LogP contribution in [0.3, 0.4) is 0 Å². The summed E-state index contributed by atoms with van der Waals surface area (Å²) in [4.78, 5) is 23.3. The van der Waals surface area contributed by atoms with Gasteiger partial charge in [0, 0.05) is 6.61 Å². The number of benzene rings is 2. The lowest BCUT2D eigenvalue weighted by Crippen LogP contribution is -2.35. The number of likely N-dealkylation sites (tertiary alicyclic amines) is 1. The first-order valence-electron chi connectivity index (χ1n) is 14.4. The van der Waals surface area contributed by atoms with Crippen LogP contribution in [0.25, 0.3) is 11.2 Å². The number of nitrogens with zero attached hydrogens (tertiary/aromatic N) is 4. The van der Waals surface area contributed by atoms with Crippen LogP contribution in [0, 0.1) is 0 Å². The number of aromatic carboxylic acids is 1. The lowest BCUT2D eigenvalue weighted by Gasteiger charge is -2.35. The van der Waals surface area contributed by atoms with Crippen LogP contribution in [-0.2, 0) is 24.2 Å². The Morgan fingerprint density at radius 1 is 0.950 bits per heavy atom. The fraction of sp³-hybridized carbons (Fsp3) is 0.406. The second-order valence-corrected chi connectivity index (χ2v) is 11.2. The molecule has 0 bridgehead atoms. The zero-order chi connectivity index (χ0) is 27.1. The molecule has 3 aliphatic heterocycles. The molecular formula is C32H34N4O4. The summed E-state index contributed by atoms with van der Waals surface area (Å²) in [6.07, 6.45) is 5.48. The van der Waals surface area contributed by atoms with E-state index in [1.807, 2.05) is 0 Å². The summed E-state index contributed by atoms with van der Waals surface area (Å²) >= 11 is 0. The van der Waals surface area contributed by atoms with Crippen molar-refractivity contribution in [3.63, 3.8) is 0 Å². The Balaban J connectivity index is 1.06. The van der Waals surface area contributed by atoms with Crippen LogP contribution in [0.5, 0.6) is 5.75 Å². The highest BCUT2D eigenvalue weighted by Gasteiger charge is 2.29. The Hall–Kier alpha value is -3.75. The highest BCUT2D eigenvalue weighted by atomic mass is 16.5. The molecule has 4 aromatic rings. The van der Waals surface area contributed by atoms with E-state index >= 15 is 0 Å². The van der Waals surface area contributed by atoms with Crippen LogP contribution in [0.15, 0.2) is 60.7 Å². The number of hydrogen-bond acceptors (Lipinski definition) is 6. The van der Waals surface area contributed by atoms with Gasteiger partial charge >= 0.3 is 5.97 Å². The number of carboxylic acids is 1. The van der Waals surface area contributed by atoms with Crippen molar-refractivity contribution in [1.29, 1.82) is 0 Å². The zero-order valence-electron chi connectivity index (χ0n) is 22.5. The molecule has 2 aromatic heterocycles. The van der Waals surface area contributed by atoms with Crippen LogP contribution >= 0.6 is 0 Å². The number of imidazole rings is 1. The van der Waals surface area contributed by atoms with E-state index in [4.69, 9.17) is 14.5 Å². The molecule has 8 heteroatoms. The van der Waals surface area contributed by atoms with Crippen molar-refractivity contribution < 1.29 is 19.4 Å². The normalized spacial score (nSPS) is 21.5. The average molecular weight is 539 g/mol. The molecule has 2 fully saturated rings. The van der Waals surface area contributed by atoms with Gasteiger partial charge in [0.2, 0.25) is 0 Å². The second-order valence-electron chi connectivity index (χ2n) is 11.2. The Morgan fingerprint density at radius 3 is 2.52 bits per heavy atom. The maximum absolute atomic E-state index is 11.6. The van der Waals surface area contributed by atoms with Crippen LogP contribution in [0.2, 0.25) is 0 Å². The lowest BCUT2D eigenvalue weighted by atomic mass is 9.83. The number of carbonyl (C=O) groups is 1. The summed E-state index contributed by atoms with van der Waals surface area (Å²) in [5.74, 6) is 1.46. The lowest BCUT2D eigenvalue weighted by molar-refractivity contribution is -0.0593. The first-order chi connectivity index (χ1) is 19.6. The molecule has 0 spiro atoms. The predicted molar refractivity (Wildman–Crippen MR) is 151 cm³/mol. The summed E-state index contributed by atoms with van der Waals surface area (Å²) in [5, 5.41) is 9.47. The molecule has 1 unspecified atom stereocenters. The molecular weight excluding hydrogens is 504 g/mol. The third-order valence-electron chi connectivity index (χ3n) is 8.73.